The summed E-state index contributed by atoms with van der Waals surface area (Å²) in [6.07, 6.45) is 1.46. The summed E-state index contributed by atoms with van der Waals surface area (Å²) in [5.74, 6) is -0.490. The van der Waals surface area contributed by atoms with Crippen molar-refractivity contribution in [3.05, 3.63) is 55.2 Å². The molecule has 1 aromatic carbocycles. The molecular weight excluding hydrogens is 410 g/mol. The summed E-state index contributed by atoms with van der Waals surface area (Å²) in [5.41, 5.74) is 4.37. The number of rotatable bonds is 11. The van der Waals surface area contributed by atoms with E-state index in [1.165, 1.54) is 35.9 Å². The first-order chi connectivity index (χ1) is 14.8. The Hall–Kier alpha value is -3.67. The van der Waals surface area contributed by atoms with E-state index in [2.05, 4.69) is 4.98 Å². The van der Waals surface area contributed by atoms with E-state index in [1.54, 1.807) is 0 Å². The number of nitrogens with zero attached hydrogens (tertiary/aromatic N) is 3. The Kier molecular flexibility index (Phi) is 8.32. The number of nitro benzene ring substituents is 1. The second-order valence-electron chi connectivity index (χ2n) is 6.58. The van der Waals surface area contributed by atoms with E-state index in [0.29, 0.717) is 6.42 Å². The van der Waals surface area contributed by atoms with Crippen molar-refractivity contribution in [2.45, 2.75) is 26.3 Å². The number of non-ortho nitro benzene ring substituents is 1. The standard InChI is InChI=1S/C19H25N5O7/c1-3-4-9-23-17(20)16(18(26)21-19(23)27)22(10-11-30-2)15(25)12-31-14-7-5-13(6-8-14)24(28)29/h5-8H,3-4,9-12,20H2,1-2H3,(H,21,26,27). The number of carbonyl (C=O) groups is 1. The highest BCUT2D eigenvalue weighted by atomic mass is 16.6. The SMILES string of the molecule is CCCCn1c(N)c(N(CCOC)C(=O)COc2ccc([N+](=O)[O-])cc2)c(=O)[nH]c1=O. The number of benzene rings is 1. The fourth-order valence-electron chi connectivity index (χ4n) is 2.81. The van der Waals surface area contributed by atoms with Crippen LogP contribution in [0.15, 0.2) is 33.9 Å². The number of aromatic nitrogens is 2. The predicted octanol–water partition coefficient (Wildman–Crippen LogP) is 0.885. The van der Waals surface area contributed by atoms with E-state index in [0.717, 1.165) is 11.3 Å². The molecular formula is C19H25N5O7. The molecule has 2 rings (SSSR count). The lowest BCUT2D eigenvalue weighted by Crippen LogP contribution is -2.44. The summed E-state index contributed by atoms with van der Waals surface area (Å²) in [7, 11) is 1.44. The van der Waals surface area contributed by atoms with Gasteiger partial charge in [-0.1, -0.05) is 13.3 Å². The van der Waals surface area contributed by atoms with Crippen molar-refractivity contribution in [3.8, 4) is 5.75 Å². The molecule has 0 saturated carbocycles. The van der Waals surface area contributed by atoms with E-state index < -0.39 is 28.7 Å². The number of aromatic amines is 1. The third kappa shape index (κ3) is 5.92. The van der Waals surface area contributed by atoms with Crippen molar-refractivity contribution >= 4 is 23.1 Å². The maximum absolute atomic E-state index is 12.9. The van der Waals surface area contributed by atoms with Gasteiger partial charge in [-0.2, -0.15) is 0 Å². The first kappa shape index (κ1) is 23.6. The average Bonchev–Trinajstić information content (AvgIpc) is 2.74. The number of methoxy groups -OCH3 is 1. The Morgan fingerprint density at radius 2 is 1.97 bits per heavy atom. The largest absolute Gasteiger partial charge is 0.484 e. The molecule has 12 heteroatoms. The highest BCUT2D eigenvalue weighted by molar-refractivity contribution is 5.96. The number of hydrogen-bond acceptors (Lipinski definition) is 8. The van der Waals surface area contributed by atoms with Gasteiger partial charge in [0.2, 0.25) is 0 Å². The molecule has 168 valence electrons. The number of nitro groups is 1. The topological polar surface area (TPSA) is 163 Å². The van der Waals surface area contributed by atoms with Gasteiger partial charge in [0.25, 0.3) is 17.2 Å². The highest BCUT2D eigenvalue weighted by Crippen LogP contribution is 2.19. The molecule has 31 heavy (non-hydrogen) atoms. The molecule has 0 radical (unpaired) electrons. The van der Waals surface area contributed by atoms with Crippen molar-refractivity contribution in [2.75, 3.05) is 37.5 Å². The van der Waals surface area contributed by atoms with Crippen molar-refractivity contribution < 1.29 is 19.2 Å². The molecule has 0 aliphatic rings. The molecule has 1 heterocycles. The van der Waals surface area contributed by atoms with E-state index in [9.17, 15) is 24.5 Å². The Morgan fingerprint density at radius 1 is 1.29 bits per heavy atom. The highest BCUT2D eigenvalue weighted by Gasteiger charge is 2.24. The Balaban J connectivity index is 2.30. The lowest BCUT2D eigenvalue weighted by molar-refractivity contribution is -0.384. The average molecular weight is 435 g/mol. The number of hydrogen-bond donors (Lipinski definition) is 2. The Morgan fingerprint density at radius 3 is 2.55 bits per heavy atom. The second-order valence-corrected chi connectivity index (χ2v) is 6.58. The van der Waals surface area contributed by atoms with Crippen molar-refractivity contribution in [1.29, 1.82) is 0 Å². The van der Waals surface area contributed by atoms with Crippen LogP contribution in [0.4, 0.5) is 17.2 Å². The first-order valence-corrected chi connectivity index (χ1v) is 9.59. The Labute approximate surface area is 177 Å². The third-order valence-electron chi connectivity index (χ3n) is 4.45. The number of nitrogen functional groups attached to an aromatic ring is 1. The molecule has 0 bridgehead atoms. The van der Waals surface area contributed by atoms with Gasteiger partial charge in [0.15, 0.2) is 12.3 Å². The first-order valence-electron chi connectivity index (χ1n) is 9.59. The fraction of sp³-hybridized carbons (Fsp3) is 0.421. The maximum atomic E-state index is 12.9. The fourth-order valence-corrected chi connectivity index (χ4v) is 2.81. The monoisotopic (exact) mass is 435 g/mol. The van der Waals surface area contributed by atoms with Gasteiger partial charge in [0, 0.05) is 32.3 Å². The summed E-state index contributed by atoms with van der Waals surface area (Å²) in [5, 5.41) is 10.7. The molecule has 0 aliphatic carbocycles. The van der Waals surface area contributed by atoms with E-state index in [-0.39, 0.29) is 42.6 Å². The quantitative estimate of drug-likeness (QED) is 0.388. The minimum atomic E-state index is -0.796. The summed E-state index contributed by atoms with van der Waals surface area (Å²) < 4.78 is 11.6. The van der Waals surface area contributed by atoms with Gasteiger partial charge in [0.05, 0.1) is 11.5 Å². The van der Waals surface area contributed by atoms with E-state index in [4.69, 9.17) is 15.2 Å². The molecule has 0 atom stereocenters. The summed E-state index contributed by atoms with van der Waals surface area (Å²) >= 11 is 0. The van der Waals surface area contributed by atoms with Crippen LogP contribution in [0.5, 0.6) is 5.75 Å². The number of nitrogens with two attached hydrogens (primary N) is 1. The molecule has 0 saturated heterocycles. The predicted molar refractivity (Wildman–Crippen MR) is 113 cm³/mol. The van der Waals surface area contributed by atoms with Gasteiger partial charge in [-0.3, -0.25) is 34.2 Å². The summed E-state index contributed by atoms with van der Waals surface area (Å²) in [6, 6.07) is 5.21. The number of ether oxygens (including phenoxy) is 2. The third-order valence-corrected chi connectivity index (χ3v) is 4.45. The number of nitrogens with one attached hydrogen (secondary N) is 1. The molecule has 1 aromatic heterocycles. The molecule has 2 aromatic rings. The number of anilines is 2. The molecule has 0 fully saturated rings. The van der Waals surface area contributed by atoms with Crippen LogP contribution in [-0.4, -0.2) is 47.2 Å². The van der Waals surface area contributed by atoms with Gasteiger partial charge < -0.3 is 15.2 Å². The zero-order chi connectivity index (χ0) is 23.0. The molecule has 0 spiro atoms. The van der Waals surface area contributed by atoms with Gasteiger partial charge in [-0.25, -0.2) is 4.79 Å². The van der Waals surface area contributed by atoms with Crippen molar-refractivity contribution in [1.82, 2.24) is 9.55 Å². The minimum absolute atomic E-state index is 0.00177. The molecule has 0 aliphatic heterocycles. The van der Waals surface area contributed by atoms with Gasteiger partial charge in [0.1, 0.15) is 11.6 Å². The van der Waals surface area contributed by atoms with Gasteiger partial charge in [-0.05, 0) is 18.6 Å². The van der Waals surface area contributed by atoms with Crippen molar-refractivity contribution in [3.63, 3.8) is 0 Å². The van der Waals surface area contributed by atoms with Crippen LogP contribution in [0, 0.1) is 10.1 Å². The zero-order valence-electron chi connectivity index (χ0n) is 17.3. The molecule has 0 unspecified atom stereocenters. The van der Waals surface area contributed by atoms with E-state index in [1.807, 2.05) is 6.92 Å². The van der Waals surface area contributed by atoms with Crippen LogP contribution in [-0.2, 0) is 16.1 Å². The summed E-state index contributed by atoms with van der Waals surface area (Å²) in [6.45, 7) is 1.87. The maximum Gasteiger partial charge on any atom is 0.330 e. The smallest absolute Gasteiger partial charge is 0.330 e. The van der Waals surface area contributed by atoms with Crippen LogP contribution in [0.2, 0.25) is 0 Å². The molecule has 12 nitrogen and oxygen atoms in total. The molecule has 1 amide bonds. The van der Waals surface area contributed by atoms with Crippen molar-refractivity contribution in [2.24, 2.45) is 0 Å². The number of unbranched alkanes of at least 4 members (excludes halogenated alkanes) is 1. The number of H-pyrrole nitrogens is 1. The van der Waals surface area contributed by atoms with Crippen LogP contribution in [0.3, 0.4) is 0 Å². The summed E-state index contributed by atoms with van der Waals surface area (Å²) in [4.78, 5) is 50.9. The second kappa shape index (κ2) is 10.9. The van der Waals surface area contributed by atoms with E-state index >= 15 is 0 Å². The van der Waals surface area contributed by atoms with Gasteiger partial charge in [-0.15, -0.1) is 0 Å². The minimum Gasteiger partial charge on any atom is -0.484 e. The normalized spacial score (nSPS) is 10.6. The number of carbonyl (C=O) groups excluding carboxylic acids is 1. The van der Waals surface area contributed by atoms with Crippen LogP contribution >= 0.6 is 0 Å². The lowest BCUT2D eigenvalue weighted by atomic mass is 10.3. The van der Waals surface area contributed by atoms with Crippen LogP contribution in [0.1, 0.15) is 19.8 Å². The Bertz CT molecular complexity index is 1030. The zero-order valence-corrected chi connectivity index (χ0v) is 17.3. The lowest BCUT2D eigenvalue weighted by Gasteiger charge is -2.24. The van der Waals surface area contributed by atoms with Crippen LogP contribution in [0.25, 0.3) is 0 Å². The van der Waals surface area contributed by atoms with Crippen LogP contribution < -0.4 is 26.6 Å². The molecule has 3 N–H and O–H groups in total. The van der Waals surface area contributed by atoms with Gasteiger partial charge >= 0.3 is 5.69 Å². The number of amides is 1.